The molecule has 4 nitrogen and oxygen atoms in total. The van der Waals surface area contributed by atoms with E-state index in [1.807, 2.05) is 34.6 Å². The van der Waals surface area contributed by atoms with Crippen molar-refractivity contribution in [3.8, 4) is 0 Å². The largest absolute Gasteiger partial charge is 0.348 e. The molecule has 0 aromatic heterocycles. The van der Waals surface area contributed by atoms with Crippen molar-refractivity contribution >= 4 is 11.8 Å². The van der Waals surface area contributed by atoms with Crippen LogP contribution < -0.4 is 10.6 Å². The van der Waals surface area contributed by atoms with Gasteiger partial charge in [-0.15, -0.1) is 0 Å². The van der Waals surface area contributed by atoms with Gasteiger partial charge in [-0.05, 0) is 26.7 Å². The highest BCUT2D eigenvalue weighted by Gasteiger charge is 2.19. The lowest BCUT2D eigenvalue weighted by molar-refractivity contribution is -0.140. The minimum Gasteiger partial charge on any atom is -0.348 e. The third kappa shape index (κ3) is 6.46. The van der Waals surface area contributed by atoms with Crippen LogP contribution in [0.4, 0.5) is 0 Å². The summed E-state index contributed by atoms with van der Waals surface area (Å²) in [4.78, 5) is 22.5. The summed E-state index contributed by atoms with van der Waals surface area (Å²) in [7, 11) is 0. The molecule has 0 aromatic rings. The van der Waals surface area contributed by atoms with Crippen LogP contribution in [0.15, 0.2) is 0 Å². The van der Waals surface area contributed by atoms with Crippen molar-refractivity contribution in [1.29, 1.82) is 0 Å². The number of hydrogen-bond donors (Lipinski definition) is 2. The minimum atomic E-state index is -0.571. The number of carbonyl (C=O) groups is 2. The standard InChI is InChI=1S/C10H20N2O2/c1-7(2)6-11-8(13)9(14)12-10(3,4)5/h7H,6H2,1-5H3,(H,11,13)(H,12,14). The Hall–Kier alpha value is -1.06. The first-order chi connectivity index (χ1) is 6.22. The number of nitrogens with one attached hydrogen (secondary N) is 2. The monoisotopic (exact) mass is 200 g/mol. The Morgan fingerprint density at radius 1 is 1.14 bits per heavy atom. The summed E-state index contributed by atoms with van der Waals surface area (Å²) >= 11 is 0. The van der Waals surface area contributed by atoms with Gasteiger partial charge in [-0.25, -0.2) is 0 Å². The third-order valence-corrected chi connectivity index (χ3v) is 1.37. The van der Waals surface area contributed by atoms with Gasteiger partial charge in [0.15, 0.2) is 0 Å². The van der Waals surface area contributed by atoms with Crippen molar-refractivity contribution in [2.24, 2.45) is 5.92 Å². The number of carbonyl (C=O) groups excluding carboxylic acids is 2. The fourth-order valence-corrected chi connectivity index (χ4v) is 0.774. The van der Waals surface area contributed by atoms with Gasteiger partial charge in [-0.2, -0.15) is 0 Å². The van der Waals surface area contributed by atoms with Gasteiger partial charge in [-0.1, -0.05) is 13.8 Å². The predicted molar refractivity (Wildman–Crippen MR) is 55.7 cm³/mol. The van der Waals surface area contributed by atoms with Gasteiger partial charge in [0.1, 0.15) is 0 Å². The van der Waals surface area contributed by atoms with Gasteiger partial charge in [0.2, 0.25) is 0 Å². The van der Waals surface area contributed by atoms with E-state index in [2.05, 4.69) is 10.6 Å². The highest BCUT2D eigenvalue weighted by atomic mass is 16.2. The molecule has 0 bridgehead atoms. The van der Waals surface area contributed by atoms with E-state index in [1.165, 1.54) is 0 Å². The topological polar surface area (TPSA) is 58.2 Å². The molecule has 0 saturated carbocycles. The average molecular weight is 200 g/mol. The maximum absolute atomic E-state index is 11.2. The molecule has 0 unspecified atom stereocenters. The fourth-order valence-electron chi connectivity index (χ4n) is 0.774. The van der Waals surface area contributed by atoms with Crippen LogP contribution in [0.1, 0.15) is 34.6 Å². The smallest absolute Gasteiger partial charge is 0.309 e. The van der Waals surface area contributed by atoms with Gasteiger partial charge in [0.25, 0.3) is 0 Å². The normalized spacial score (nSPS) is 11.3. The second kappa shape index (κ2) is 4.98. The van der Waals surface area contributed by atoms with Crippen molar-refractivity contribution in [1.82, 2.24) is 10.6 Å². The van der Waals surface area contributed by atoms with Gasteiger partial charge in [0, 0.05) is 12.1 Å². The first kappa shape index (κ1) is 12.9. The Morgan fingerprint density at radius 3 is 2.00 bits per heavy atom. The van der Waals surface area contributed by atoms with E-state index in [0.717, 1.165) is 0 Å². The lowest BCUT2D eigenvalue weighted by Gasteiger charge is -2.20. The summed E-state index contributed by atoms with van der Waals surface area (Å²) in [6.07, 6.45) is 0. The van der Waals surface area contributed by atoms with Crippen molar-refractivity contribution in [2.45, 2.75) is 40.2 Å². The highest BCUT2D eigenvalue weighted by Crippen LogP contribution is 1.97. The van der Waals surface area contributed by atoms with E-state index in [9.17, 15) is 9.59 Å². The molecular formula is C10H20N2O2. The van der Waals surface area contributed by atoms with Gasteiger partial charge >= 0.3 is 11.8 Å². The van der Waals surface area contributed by atoms with Crippen LogP contribution >= 0.6 is 0 Å². The van der Waals surface area contributed by atoms with Crippen LogP contribution in [0.3, 0.4) is 0 Å². The Bertz CT molecular complexity index is 217. The molecule has 2 amide bonds. The molecule has 0 aliphatic rings. The molecular weight excluding hydrogens is 180 g/mol. The Balaban J connectivity index is 3.95. The van der Waals surface area contributed by atoms with Crippen molar-refractivity contribution in [2.75, 3.05) is 6.54 Å². The Labute approximate surface area is 85.4 Å². The maximum Gasteiger partial charge on any atom is 0.309 e. The maximum atomic E-state index is 11.2. The molecule has 0 atom stereocenters. The third-order valence-electron chi connectivity index (χ3n) is 1.37. The van der Waals surface area contributed by atoms with Crippen LogP contribution in [-0.4, -0.2) is 23.9 Å². The summed E-state index contributed by atoms with van der Waals surface area (Å²) in [6.45, 7) is 9.97. The van der Waals surface area contributed by atoms with Gasteiger partial charge in [-0.3, -0.25) is 9.59 Å². The summed E-state index contributed by atoms with van der Waals surface area (Å²) in [5.74, 6) is -0.784. The molecule has 14 heavy (non-hydrogen) atoms. The summed E-state index contributed by atoms with van der Waals surface area (Å²) in [5, 5.41) is 5.15. The van der Waals surface area contributed by atoms with Crippen molar-refractivity contribution in [3.63, 3.8) is 0 Å². The number of hydrogen-bond acceptors (Lipinski definition) is 2. The molecule has 0 rings (SSSR count). The quantitative estimate of drug-likeness (QED) is 0.644. The average Bonchev–Trinajstić information content (AvgIpc) is 1.96. The Morgan fingerprint density at radius 2 is 1.64 bits per heavy atom. The zero-order chi connectivity index (χ0) is 11.4. The fraction of sp³-hybridized carbons (Fsp3) is 0.800. The SMILES string of the molecule is CC(C)CNC(=O)C(=O)NC(C)(C)C. The second-order valence-electron chi connectivity index (χ2n) is 4.81. The second-order valence-corrected chi connectivity index (χ2v) is 4.81. The van der Waals surface area contributed by atoms with E-state index < -0.39 is 11.8 Å². The zero-order valence-corrected chi connectivity index (χ0v) is 9.60. The number of amides is 2. The zero-order valence-electron chi connectivity index (χ0n) is 9.60. The van der Waals surface area contributed by atoms with E-state index >= 15 is 0 Å². The molecule has 0 saturated heterocycles. The first-order valence-corrected chi connectivity index (χ1v) is 4.82. The van der Waals surface area contributed by atoms with Gasteiger partial charge in [0.05, 0.1) is 0 Å². The summed E-state index contributed by atoms with van der Waals surface area (Å²) in [5.41, 5.74) is -0.369. The first-order valence-electron chi connectivity index (χ1n) is 4.82. The van der Waals surface area contributed by atoms with Crippen LogP contribution in [0.2, 0.25) is 0 Å². The molecule has 2 N–H and O–H groups in total. The van der Waals surface area contributed by atoms with Crippen LogP contribution in [0, 0.1) is 5.92 Å². The van der Waals surface area contributed by atoms with Crippen molar-refractivity contribution in [3.05, 3.63) is 0 Å². The van der Waals surface area contributed by atoms with E-state index in [1.54, 1.807) is 0 Å². The lowest BCUT2D eigenvalue weighted by atomic mass is 10.1. The highest BCUT2D eigenvalue weighted by molar-refractivity contribution is 6.35. The van der Waals surface area contributed by atoms with Crippen LogP contribution in [0.25, 0.3) is 0 Å². The number of rotatable bonds is 2. The van der Waals surface area contributed by atoms with Gasteiger partial charge < -0.3 is 10.6 Å². The van der Waals surface area contributed by atoms with Crippen molar-refractivity contribution < 1.29 is 9.59 Å². The van der Waals surface area contributed by atoms with E-state index in [0.29, 0.717) is 12.5 Å². The molecule has 0 aliphatic carbocycles. The lowest BCUT2D eigenvalue weighted by Crippen LogP contribution is -2.48. The summed E-state index contributed by atoms with van der Waals surface area (Å²) < 4.78 is 0. The molecule has 0 fully saturated rings. The predicted octanol–water partition coefficient (Wildman–Crippen LogP) is 0.673. The molecule has 0 aromatic carbocycles. The molecule has 4 heteroatoms. The van der Waals surface area contributed by atoms with Crippen LogP contribution in [-0.2, 0) is 9.59 Å². The molecule has 82 valence electrons. The van der Waals surface area contributed by atoms with Crippen LogP contribution in [0.5, 0.6) is 0 Å². The summed E-state index contributed by atoms with van der Waals surface area (Å²) in [6, 6.07) is 0. The molecule has 0 spiro atoms. The minimum absolute atomic E-state index is 0.349. The molecule has 0 heterocycles. The Kier molecular flexibility index (Phi) is 4.60. The van der Waals surface area contributed by atoms with E-state index in [4.69, 9.17) is 0 Å². The van der Waals surface area contributed by atoms with E-state index in [-0.39, 0.29) is 5.54 Å². The molecule has 0 aliphatic heterocycles. The molecule has 0 radical (unpaired) electrons.